The van der Waals surface area contributed by atoms with E-state index in [4.69, 9.17) is 0 Å². The zero-order chi connectivity index (χ0) is 19.1. The summed E-state index contributed by atoms with van der Waals surface area (Å²) < 4.78 is 39.8. The fourth-order valence-corrected chi connectivity index (χ4v) is 3.00. The largest absolute Gasteiger partial charge is 0.416 e. The number of alkyl halides is 3. The van der Waals surface area contributed by atoms with Crippen LogP contribution in [0.1, 0.15) is 42.0 Å². The average Bonchev–Trinajstić information content (AvgIpc) is 2.94. The first-order chi connectivity index (χ1) is 12.3. The molecule has 0 saturated heterocycles. The molecule has 0 aliphatic heterocycles. The maximum Gasteiger partial charge on any atom is 0.416 e. The molecule has 138 valence electrons. The van der Waals surface area contributed by atoms with Crippen molar-refractivity contribution in [2.24, 2.45) is 0 Å². The minimum absolute atomic E-state index is 0.180. The van der Waals surface area contributed by atoms with Gasteiger partial charge in [-0.25, -0.2) is 9.67 Å². The van der Waals surface area contributed by atoms with Gasteiger partial charge in [0.2, 0.25) is 0 Å². The Labute approximate surface area is 146 Å². The van der Waals surface area contributed by atoms with E-state index in [0.717, 1.165) is 12.1 Å². The molecule has 0 saturated carbocycles. The summed E-state index contributed by atoms with van der Waals surface area (Å²) in [6, 6.07) is 4.39. The van der Waals surface area contributed by atoms with Crippen LogP contribution in [0.4, 0.5) is 13.2 Å². The molecule has 0 spiro atoms. The van der Waals surface area contributed by atoms with Crippen LogP contribution >= 0.6 is 0 Å². The monoisotopic (exact) mass is 366 g/mol. The number of hydrogen-bond acceptors (Lipinski definition) is 4. The van der Waals surface area contributed by atoms with E-state index in [9.17, 15) is 23.1 Å². The molecule has 26 heavy (non-hydrogen) atoms. The second kappa shape index (κ2) is 6.56. The van der Waals surface area contributed by atoms with Gasteiger partial charge in [0.1, 0.15) is 16.9 Å². The number of aryl methyl sites for hydroxylation is 1. The molecule has 1 aromatic carbocycles. The molecule has 0 amide bonds. The third-order valence-electron chi connectivity index (χ3n) is 4.21. The number of halogens is 3. The van der Waals surface area contributed by atoms with Crippen molar-refractivity contribution in [2.75, 3.05) is 0 Å². The molecule has 0 radical (unpaired) electrons. The Morgan fingerprint density at radius 2 is 1.92 bits per heavy atom. The third-order valence-corrected chi connectivity index (χ3v) is 4.21. The lowest BCUT2D eigenvalue weighted by Gasteiger charge is -2.18. The van der Waals surface area contributed by atoms with Crippen LogP contribution in [0.15, 0.2) is 29.1 Å². The van der Waals surface area contributed by atoms with E-state index in [-0.39, 0.29) is 11.1 Å². The molecule has 0 fully saturated rings. The molecule has 0 aliphatic carbocycles. The van der Waals surface area contributed by atoms with Crippen molar-refractivity contribution < 1.29 is 18.3 Å². The maximum absolute atomic E-state index is 12.8. The van der Waals surface area contributed by atoms with Gasteiger partial charge in [-0.2, -0.15) is 18.3 Å². The highest BCUT2D eigenvalue weighted by molar-refractivity contribution is 5.77. The predicted octanol–water partition coefficient (Wildman–Crippen LogP) is 2.94. The molecule has 9 heteroatoms. The highest BCUT2D eigenvalue weighted by atomic mass is 19.4. The van der Waals surface area contributed by atoms with Crippen molar-refractivity contribution in [2.45, 2.75) is 39.1 Å². The zero-order valence-electron chi connectivity index (χ0n) is 14.1. The van der Waals surface area contributed by atoms with Gasteiger partial charge in [0.25, 0.3) is 5.56 Å². The first-order valence-corrected chi connectivity index (χ1v) is 8.02. The van der Waals surface area contributed by atoms with Crippen LogP contribution in [0.25, 0.3) is 11.0 Å². The van der Waals surface area contributed by atoms with Crippen LogP contribution in [0, 0.1) is 6.92 Å². The van der Waals surface area contributed by atoms with Crippen molar-refractivity contribution in [3.63, 3.8) is 0 Å². The molecule has 3 rings (SSSR count). The van der Waals surface area contributed by atoms with E-state index < -0.39 is 29.9 Å². The molecule has 2 aromatic heterocycles. The third kappa shape index (κ3) is 3.10. The first-order valence-electron chi connectivity index (χ1n) is 8.02. The minimum Gasteiger partial charge on any atom is -0.390 e. The van der Waals surface area contributed by atoms with Gasteiger partial charge in [0.05, 0.1) is 18.2 Å². The lowest BCUT2D eigenvalue weighted by atomic mass is 10.0. The molecular weight excluding hydrogens is 349 g/mol. The number of aliphatic hydroxyl groups is 1. The van der Waals surface area contributed by atoms with E-state index in [1.165, 1.54) is 16.8 Å². The number of aromatic amines is 1. The number of aliphatic hydroxyl groups excluding tert-OH is 1. The Kier molecular flexibility index (Phi) is 4.57. The van der Waals surface area contributed by atoms with Gasteiger partial charge in [-0.1, -0.05) is 19.1 Å². The summed E-state index contributed by atoms with van der Waals surface area (Å²) in [5.74, 6) is 0.385. The van der Waals surface area contributed by atoms with E-state index in [1.54, 1.807) is 6.92 Å². The average molecular weight is 366 g/mol. The number of hydrogen-bond donors (Lipinski definition) is 2. The second-order valence-corrected chi connectivity index (χ2v) is 5.94. The Balaban J connectivity index is 2.16. The summed E-state index contributed by atoms with van der Waals surface area (Å²) in [5, 5.41) is 14.0. The van der Waals surface area contributed by atoms with Crippen molar-refractivity contribution in [1.29, 1.82) is 0 Å². The van der Waals surface area contributed by atoms with Gasteiger partial charge in [0, 0.05) is 0 Å². The summed E-state index contributed by atoms with van der Waals surface area (Å²) in [6.07, 6.45) is -3.89. The predicted molar refractivity (Wildman–Crippen MR) is 88.7 cm³/mol. The fraction of sp³-hybridized carbons (Fsp3) is 0.353. The van der Waals surface area contributed by atoms with Gasteiger partial charge in [0.15, 0.2) is 5.65 Å². The van der Waals surface area contributed by atoms with Gasteiger partial charge in [-0.05, 0) is 31.0 Å². The lowest BCUT2D eigenvalue weighted by molar-refractivity contribution is -0.137. The van der Waals surface area contributed by atoms with Gasteiger partial charge >= 0.3 is 6.18 Å². The highest BCUT2D eigenvalue weighted by Crippen LogP contribution is 2.32. The van der Waals surface area contributed by atoms with Gasteiger partial charge < -0.3 is 10.1 Å². The van der Waals surface area contributed by atoms with E-state index >= 15 is 0 Å². The molecule has 2 heterocycles. The SMILES string of the molecule is CC[C@H](c1ccc(C(F)(F)F)cc1)n1nc(CO)c2c(=O)[nH]c(C)nc21. The van der Waals surface area contributed by atoms with Crippen LogP contribution in [0.3, 0.4) is 0 Å². The van der Waals surface area contributed by atoms with Crippen molar-refractivity contribution in [3.8, 4) is 0 Å². The Morgan fingerprint density at radius 1 is 1.27 bits per heavy atom. The number of nitrogens with zero attached hydrogens (tertiary/aromatic N) is 3. The molecule has 0 unspecified atom stereocenters. The fourth-order valence-electron chi connectivity index (χ4n) is 3.00. The second-order valence-electron chi connectivity index (χ2n) is 5.94. The number of aromatic nitrogens is 4. The first kappa shape index (κ1) is 18.1. The van der Waals surface area contributed by atoms with Crippen LogP contribution < -0.4 is 5.56 Å². The van der Waals surface area contributed by atoms with Crippen LogP contribution in [-0.2, 0) is 12.8 Å². The van der Waals surface area contributed by atoms with Crippen LogP contribution in [0.5, 0.6) is 0 Å². The summed E-state index contributed by atoms with van der Waals surface area (Å²) in [6.45, 7) is 3.03. The molecule has 3 aromatic rings. The highest BCUT2D eigenvalue weighted by Gasteiger charge is 2.30. The summed E-state index contributed by atoms with van der Waals surface area (Å²) in [5.41, 5.74) is -0.0664. The molecule has 0 aliphatic rings. The topological polar surface area (TPSA) is 83.8 Å². The molecule has 2 N–H and O–H groups in total. The standard InChI is InChI=1S/C17H17F3N4O2/c1-3-13(10-4-6-11(7-5-10)17(18,19)20)24-15-14(12(8-25)23-24)16(26)22-9(2)21-15/h4-7,13,25H,3,8H2,1-2H3,(H,21,22,26)/t13-/m1/s1. The molecule has 0 bridgehead atoms. The van der Waals surface area contributed by atoms with Gasteiger partial charge in [-0.3, -0.25) is 4.79 Å². The number of H-pyrrole nitrogens is 1. The van der Waals surface area contributed by atoms with Crippen molar-refractivity contribution in [3.05, 3.63) is 57.3 Å². The van der Waals surface area contributed by atoms with Gasteiger partial charge in [-0.15, -0.1) is 0 Å². The Hall–Kier alpha value is -2.68. The normalized spacial score (nSPS) is 13.3. The van der Waals surface area contributed by atoms with E-state index in [0.29, 0.717) is 23.5 Å². The number of benzene rings is 1. The number of nitrogens with one attached hydrogen (secondary N) is 1. The molecular formula is C17H17F3N4O2. The van der Waals surface area contributed by atoms with Crippen molar-refractivity contribution >= 4 is 11.0 Å². The maximum atomic E-state index is 12.8. The minimum atomic E-state index is -4.41. The summed E-state index contributed by atoms with van der Waals surface area (Å²) >= 11 is 0. The summed E-state index contributed by atoms with van der Waals surface area (Å²) in [4.78, 5) is 19.1. The van der Waals surface area contributed by atoms with Crippen LogP contribution in [-0.4, -0.2) is 24.9 Å². The number of rotatable bonds is 4. The Morgan fingerprint density at radius 3 is 2.46 bits per heavy atom. The lowest BCUT2D eigenvalue weighted by Crippen LogP contribution is -2.15. The smallest absolute Gasteiger partial charge is 0.390 e. The van der Waals surface area contributed by atoms with E-state index in [1.807, 2.05) is 6.92 Å². The van der Waals surface area contributed by atoms with E-state index in [2.05, 4.69) is 15.1 Å². The van der Waals surface area contributed by atoms with Crippen molar-refractivity contribution in [1.82, 2.24) is 19.7 Å². The molecule has 1 atom stereocenters. The van der Waals surface area contributed by atoms with Crippen LogP contribution in [0.2, 0.25) is 0 Å². The molecule has 6 nitrogen and oxygen atoms in total. The Bertz CT molecular complexity index is 990. The number of fused-ring (bicyclic) bond motifs is 1. The zero-order valence-corrected chi connectivity index (χ0v) is 14.1. The quantitative estimate of drug-likeness (QED) is 0.744. The summed E-state index contributed by atoms with van der Waals surface area (Å²) in [7, 11) is 0.